The van der Waals surface area contributed by atoms with Crippen LogP contribution in [0.15, 0.2) is 71.0 Å². The normalized spacial score (nSPS) is 20.8. The van der Waals surface area contributed by atoms with Crippen molar-refractivity contribution in [3.63, 3.8) is 0 Å². The molecule has 3 rings (SSSR count). The molecule has 0 saturated carbocycles. The minimum atomic E-state index is -1.42. The van der Waals surface area contributed by atoms with Gasteiger partial charge in [-0.15, -0.1) is 5.11 Å². The van der Waals surface area contributed by atoms with Crippen LogP contribution in [0.5, 0.6) is 0 Å². The van der Waals surface area contributed by atoms with Crippen molar-refractivity contribution < 1.29 is 19.1 Å². The van der Waals surface area contributed by atoms with Crippen molar-refractivity contribution in [1.82, 2.24) is 5.01 Å². The average Bonchev–Trinajstić information content (AvgIpc) is 3.09. The molecule has 0 spiro atoms. The molecule has 7 nitrogen and oxygen atoms in total. The lowest BCUT2D eigenvalue weighted by molar-refractivity contribution is -0.151. The van der Waals surface area contributed by atoms with E-state index >= 15 is 0 Å². The molecule has 1 aliphatic heterocycles. The number of rotatable bonds is 5. The van der Waals surface area contributed by atoms with E-state index in [0.29, 0.717) is 0 Å². The fourth-order valence-corrected chi connectivity index (χ4v) is 3.46. The summed E-state index contributed by atoms with van der Waals surface area (Å²) < 4.78 is 10.9. The minimum absolute atomic E-state index is 0.193. The first-order valence-corrected chi connectivity index (χ1v) is 9.98. The van der Waals surface area contributed by atoms with Gasteiger partial charge in [0.2, 0.25) is 5.54 Å². The molecule has 2 aromatic rings. The first-order valence-electron chi connectivity index (χ1n) is 9.98. The number of carbonyl (C=O) groups is 2. The first-order chi connectivity index (χ1) is 14.3. The van der Waals surface area contributed by atoms with Gasteiger partial charge in [0.05, 0.1) is 6.61 Å². The molecule has 0 saturated heterocycles. The highest BCUT2D eigenvalue weighted by atomic mass is 16.6. The largest absolute Gasteiger partial charge is 0.464 e. The zero-order chi connectivity index (χ0) is 21.8. The van der Waals surface area contributed by atoms with Gasteiger partial charge in [0.15, 0.2) is 0 Å². The molecule has 0 unspecified atom stereocenters. The van der Waals surface area contributed by atoms with Crippen LogP contribution in [0.3, 0.4) is 0 Å². The van der Waals surface area contributed by atoms with Crippen molar-refractivity contribution in [3.05, 3.63) is 71.8 Å². The maximum Gasteiger partial charge on any atom is 0.432 e. The predicted molar refractivity (Wildman–Crippen MR) is 112 cm³/mol. The summed E-state index contributed by atoms with van der Waals surface area (Å²) in [6.45, 7) is 7.26. The van der Waals surface area contributed by atoms with E-state index in [9.17, 15) is 9.59 Å². The number of esters is 1. The van der Waals surface area contributed by atoms with Gasteiger partial charge in [-0.1, -0.05) is 65.9 Å². The number of hydrogen-bond donors (Lipinski definition) is 0. The zero-order valence-electron chi connectivity index (χ0n) is 17.7. The smallest absolute Gasteiger partial charge is 0.432 e. The Morgan fingerprint density at radius 3 is 2.20 bits per heavy atom. The van der Waals surface area contributed by atoms with Gasteiger partial charge in [-0.3, -0.25) is 0 Å². The standard InChI is InChI=1S/C23H27N3O4/c1-5-29-20(27)23(16-17-12-8-6-9-13-17)19(18-14-10-7-11-15-18)26(25-24-23)21(28)30-22(2,3)4/h6-15,19H,5,16H2,1-4H3/t19-,23-/m0/s1. The summed E-state index contributed by atoms with van der Waals surface area (Å²) in [5.41, 5.74) is -0.535. The molecule has 0 bridgehead atoms. The Morgan fingerprint density at radius 2 is 1.63 bits per heavy atom. The highest BCUT2D eigenvalue weighted by Crippen LogP contribution is 2.44. The Bertz CT molecular complexity index is 909. The van der Waals surface area contributed by atoms with Gasteiger partial charge in [0.25, 0.3) is 0 Å². The Morgan fingerprint density at radius 1 is 1.03 bits per heavy atom. The summed E-state index contributed by atoms with van der Waals surface area (Å²) in [5.74, 6) is -0.530. The van der Waals surface area contributed by atoms with Crippen LogP contribution in [0.2, 0.25) is 0 Å². The topological polar surface area (TPSA) is 80.6 Å². The van der Waals surface area contributed by atoms with E-state index in [4.69, 9.17) is 9.47 Å². The van der Waals surface area contributed by atoms with E-state index in [-0.39, 0.29) is 13.0 Å². The van der Waals surface area contributed by atoms with Gasteiger partial charge in [0.1, 0.15) is 11.6 Å². The third-order valence-electron chi connectivity index (χ3n) is 4.66. The maximum absolute atomic E-state index is 13.3. The molecule has 0 fully saturated rings. The summed E-state index contributed by atoms with van der Waals surface area (Å²) in [5, 5.41) is 9.61. The Labute approximate surface area is 176 Å². The van der Waals surface area contributed by atoms with Crippen LogP contribution < -0.4 is 0 Å². The number of carbonyl (C=O) groups excluding carboxylic acids is 2. The number of benzene rings is 2. The molecule has 7 heteroatoms. The van der Waals surface area contributed by atoms with Crippen LogP contribution >= 0.6 is 0 Å². The molecule has 0 N–H and O–H groups in total. The van der Waals surface area contributed by atoms with Crippen molar-refractivity contribution in [1.29, 1.82) is 0 Å². The van der Waals surface area contributed by atoms with E-state index in [1.54, 1.807) is 27.7 Å². The molecule has 0 radical (unpaired) electrons. The molecule has 30 heavy (non-hydrogen) atoms. The van der Waals surface area contributed by atoms with E-state index in [1.807, 2.05) is 60.7 Å². The van der Waals surface area contributed by atoms with Crippen LogP contribution in [0.4, 0.5) is 4.79 Å². The van der Waals surface area contributed by atoms with Gasteiger partial charge in [-0.05, 0) is 38.8 Å². The Kier molecular flexibility index (Phi) is 6.20. The van der Waals surface area contributed by atoms with Gasteiger partial charge in [-0.2, -0.15) is 5.01 Å². The summed E-state index contributed by atoms with van der Waals surface area (Å²) in [7, 11) is 0. The molecular weight excluding hydrogens is 382 g/mol. The highest BCUT2D eigenvalue weighted by molar-refractivity contribution is 5.85. The second kappa shape index (κ2) is 8.65. The molecule has 158 valence electrons. The molecule has 2 atom stereocenters. The minimum Gasteiger partial charge on any atom is -0.464 e. The summed E-state index contributed by atoms with van der Waals surface area (Å²) in [6, 6.07) is 18.0. The Balaban J connectivity index is 2.10. The first kappa shape index (κ1) is 21.5. The second-order valence-electron chi connectivity index (χ2n) is 8.13. The predicted octanol–water partition coefficient (Wildman–Crippen LogP) is 4.89. The van der Waals surface area contributed by atoms with Gasteiger partial charge in [0, 0.05) is 6.42 Å². The third-order valence-corrected chi connectivity index (χ3v) is 4.66. The van der Waals surface area contributed by atoms with Crippen LogP contribution in [0, 0.1) is 0 Å². The molecule has 1 aliphatic rings. The van der Waals surface area contributed by atoms with Crippen LogP contribution in [-0.4, -0.2) is 34.8 Å². The molecule has 1 heterocycles. The van der Waals surface area contributed by atoms with E-state index < -0.39 is 29.2 Å². The molecule has 0 aromatic heterocycles. The van der Waals surface area contributed by atoms with Crippen LogP contribution in [0.25, 0.3) is 0 Å². The molecular formula is C23H27N3O4. The molecule has 0 aliphatic carbocycles. The van der Waals surface area contributed by atoms with E-state index in [1.165, 1.54) is 0 Å². The number of amides is 1. The SMILES string of the molecule is CCOC(=O)[C@@]1(Cc2ccccc2)N=NN(C(=O)OC(C)(C)C)[C@H]1c1ccccc1. The van der Waals surface area contributed by atoms with Crippen molar-refractivity contribution in [2.75, 3.05) is 6.61 Å². The molecule has 2 aromatic carbocycles. The van der Waals surface area contributed by atoms with Crippen molar-refractivity contribution in [2.24, 2.45) is 10.3 Å². The van der Waals surface area contributed by atoms with Gasteiger partial charge >= 0.3 is 12.1 Å². The fourth-order valence-electron chi connectivity index (χ4n) is 3.46. The van der Waals surface area contributed by atoms with E-state index in [0.717, 1.165) is 16.1 Å². The average molecular weight is 409 g/mol. The molecule has 1 amide bonds. The second-order valence-corrected chi connectivity index (χ2v) is 8.13. The van der Waals surface area contributed by atoms with Crippen molar-refractivity contribution in [2.45, 2.75) is 51.3 Å². The summed E-state index contributed by atoms with van der Waals surface area (Å²) >= 11 is 0. The van der Waals surface area contributed by atoms with Crippen LogP contribution in [-0.2, 0) is 20.7 Å². The third kappa shape index (κ3) is 4.50. The lowest BCUT2D eigenvalue weighted by Crippen LogP contribution is -2.49. The quantitative estimate of drug-likeness (QED) is 0.659. The highest BCUT2D eigenvalue weighted by Gasteiger charge is 2.57. The number of nitrogens with zero attached hydrogens (tertiary/aromatic N) is 3. The Hall–Kier alpha value is -3.22. The van der Waals surface area contributed by atoms with Crippen LogP contribution in [0.1, 0.15) is 44.9 Å². The van der Waals surface area contributed by atoms with Crippen molar-refractivity contribution in [3.8, 4) is 0 Å². The van der Waals surface area contributed by atoms with E-state index in [2.05, 4.69) is 10.3 Å². The fraction of sp³-hybridized carbons (Fsp3) is 0.391. The maximum atomic E-state index is 13.3. The van der Waals surface area contributed by atoms with Crippen molar-refractivity contribution >= 4 is 12.1 Å². The number of hydrogen-bond acceptors (Lipinski definition) is 6. The van der Waals surface area contributed by atoms with Gasteiger partial charge in [-0.25, -0.2) is 9.59 Å². The van der Waals surface area contributed by atoms with Gasteiger partial charge < -0.3 is 9.47 Å². The zero-order valence-corrected chi connectivity index (χ0v) is 17.7. The lowest BCUT2D eigenvalue weighted by atomic mass is 9.81. The number of ether oxygens (including phenoxy) is 2. The monoisotopic (exact) mass is 409 g/mol. The lowest BCUT2D eigenvalue weighted by Gasteiger charge is -2.33. The summed E-state index contributed by atoms with van der Waals surface area (Å²) in [4.78, 5) is 26.2. The summed E-state index contributed by atoms with van der Waals surface area (Å²) in [6.07, 6.45) is -0.436.